The predicted molar refractivity (Wildman–Crippen MR) is 55.3 cm³/mol. The van der Waals surface area contributed by atoms with Crippen molar-refractivity contribution in [2.75, 3.05) is 6.54 Å². The van der Waals surface area contributed by atoms with E-state index in [2.05, 4.69) is 0 Å². The van der Waals surface area contributed by atoms with Gasteiger partial charge in [0, 0.05) is 6.54 Å². The molecule has 0 aliphatic carbocycles. The molecule has 1 heterocycles. The lowest BCUT2D eigenvalue weighted by molar-refractivity contribution is -0.154. The molecule has 1 saturated heterocycles. The molecule has 5 heteroatoms. The van der Waals surface area contributed by atoms with Gasteiger partial charge in [-0.3, -0.25) is 0 Å². The summed E-state index contributed by atoms with van der Waals surface area (Å²) in [6.45, 7) is 5.89. The van der Waals surface area contributed by atoms with E-state index in [4.69, 9.17) is 5.73 Å². The van der Waals surface area contributed by atoms with Crippen LogP contribution in [-0.2, 0) is 4.79 Å². The Hall–Kier alpha value is -1.26. The Balaban J connectivity index is 3.22. The van der Waals surface area contributed by atoms with Crippen molar-refractivity contribution in [2.45, 2.75) is 39.2 Å². The fraction of sp³-hybridized carbons (Fsp3) is 0.800. The summed E-state index contributed by atoms with van der Waals surface area (Å²) >= 11 is 0. The second-order valence-corrected chi connectivity index (χ2v) is 5.01. The summed E-state index contributed by atoms with van der Waals surface area (Å²) in [7, 11) is 0. The van der Waals surface area contributed by atoms with Crippen molar-refractivity contribution in [1.29, 1.82) is 0 Å². The summed E-state index contributed by atoms with van der Waals surface area (Å²) in [5.74, 6) is -0.966. The zero-order chi connectivity index (χ0) is 11.9. The Morgan fingerprint density at radius 3 is 2.20 bits per heavy atom. The highest BCUT2D eigenvalue weighted by Crippen LogP contribution is 2.43. The SMILES string of the molecule is CC(C)(C)C1(C(=O)O)CCCN1C(N)=O. The Kier molecular flexibility index (Phi) is 2.67. The molecule has 2 amide bonds. The Morgan fingerprint density at radius 2 is 1.93 bits per heavy atom. The number of hydrogen-bond donors (Lipinski definition) is 2. The summed E-state index contributed by atoms with van der Waals surface area (Å²) < 4.78 is 0. The van der Waals surface area contributed by atoms with E-state index < -0.39 is 23.0 Å². The molecule has 1 fully saturated rings. The monoisotopic (exact) mass is 214 g/mol. The van der Waals surface area contributed by atoms with Gasteiger partial charge in [0.15, 0.2) is 0 Å². The van der Waals surface area contributed by atoms with Crippen LogP contribution in [0, 0.1) is 5.41 Å². The van der Waals surface area contributed by atoms with Gasteiger partial charge < -0.3 is 15.7 Å². The van der Waals surface area contributed by atoms with Crippen LogP contribution in [0.25, 0.3) is 0 Å². The average molecular weight is 214 g/mol. The molecule has 3 N–H and O–H groups in total. The first-order valence-electron chi connectivity index (χ1n) is 5.04. The summed E-state index contributed by atoms with van der Waals surface area (Å²) in [4.78, 5) is 24.0. The highest BCUT2D eigenvalue weighted by molar-refractivity contribution is 5.87. The number of rotatable bonds is 1. The number of carbonyl (C=O) groups excluding carboxylic acids is 1. The topological polar surface area (TPSA) is 83.6 Å². The summed E-state index contributed by atoms with van der Waals surface area (Å²) in [5, 5.41) is 9.37. The van der Waals surface area contributed by atoms with Gasteiger partial charge in [0.05, 0.1) is 0 Å². The number of likely N-dealkylation sites (tertiary alicyclic amines) is 1. The lowest BCUT2D eigenvalue weighted by Gasteiger charge is -2.43. The number of amides is 2. The highest BCUT2D eigenvalue weighted by Gasteiger charge is 2.57. The molecular formula is C10H18N2O3. The van der Waals surface area contributed by atoms with Crippen molar-refractivity contribution in [1.82, 2.24) is 4.90 Å². The first-order chi connectivity index (χ1) is 6.73. The Bertz CT molecular complexity index is 296. The molecule has 1 aliphatic rings. The normalized spacial score (nSPS) is 26.7. The van der Waals surface area contributed by atoms with Crippen LogP contribution in [0.3, 0.4) is 0 Å². The van der Waals surface area contributed by atoms with E-state index in [0.29, 0.717) is 19.4 Å². The van der Waals surface area contributed by atoms with Gasteiger partial charge in [-0.25, -0.2) is 9.59 Å². The molecule has 0 aromatic rings. The molecule has 0 aromatic heterocycles. The fourth-order valence-electron chi connectivity index (χ4n) is 2.44. The van der Waals surface area contributed by atoms with E-state index in [0.717, 1.165) is 0 Å². The Morgan fingerprint density at radius 1 is 1.40 bits per heavy atom. The lowest BCUT2D eigenvalue weighted by Crippen LogP contribution is -2.61. The molecular weight excluding hydrogens is 196 g/mol. The minimum atomic E-state index is -1.15. The number of primary amides is 1. The van der Waals surface area contributed by atoms with Crippen LogP contribution in [0.5, 0.6) is 0 Å². The van der Waals surface area contributed by atoms with Crippen LogP contribution in [-0.4, -0.2) is 34.1 Å². The van der Waals surface area contributed by atoms with E-state index >= 15 is 0 Å². The molecule has 15 heavy (non-hydrogen) atoms. The maximum absolute atomic E-state index is 11.4. The molecule has 0 saturated carbocycles. The van der Waals surface area contributed by atoms with Gasteiger partial charge in [-0.15, -0.1) is 0 Å². The van der Waals surface area contributed by atoms with Crippen LogP contribution >= 0.6 is 0 Å². The molecule has 1 atom stereocenters. The minimum absolute atomic E-state index is 0.429. The number of carboxylic acids is 1. The second kappa shape index (κ2) is 3.40. The Labute approximate surface area is 89.2 Å². The molecule has 0 spiro atoms. The van der Waals surface area contributed by atoms with E-state index in [9.17, 15) is 14.7 Å². The van der Waals surface area contributed by atoms with Crippen molar-refractivity contribution in [2.24, 2.45) is 11.1 Å². The second-order valence-electron chi connectivity index (χ2n) is 5.01. The van der Waals surface area contributed by atoms with Crippen LogP contribution in [0.2, 0.25) is 0 Å². The number of carboxylic acid groups (broad SMARTS) is 1. The minimum Gasteiger partial charge on any atom is -0.479 e. The molecule has 0 bridgehead atoms. The average Bonchev–Trinajstić information content (AvgIpc) is 2.45. The molecule has 1 aliphatic heterocycles. The third-order valence-electron chi connectivity index (χ3n) is 3.24. The number of carbonyl (C=O) groups is 2. The summed E-state index contributed by atoms with van der Waals surface area (Å²) in [5.41, 5.74) is 3.55. The zero-order valence-corrected chi connectivity index (χ0v) is 9.41. The maximum atomic E-state index is 11.4. The third-order valence-corrected chi connectivity index (χ3v) is 3.24. The molecule has 1 rings (SSSR count). The first-order valence-corrected chi connectivity index (χ1v) is 5.04. The third kappa shape index (κ3) is 1.56. The number of nitrogens with zero attached hydrogens (tertiary/aromatic N) is 1. The van der Waals surface area contributed by atoms with E-state index in [1.54, 1.807) is 0 Å². The molecule has 1 unspecified atom stereocenters. The molecule has 86 valence electrons. The standard InChI is InChI=1S/C10H18N2O3/c1-9(2,3)10(7(13)14)5-4-6-12(10)8(11)15/h4-6H2,1-3H3,(H2,11,15)(H,13,14). The van der Waals surface area contributed by atoms with Crippen LogP contribution in [0.1, 0.15) is 33.6 Å². The van der Waals surface area contributed by atoms with Gasteiger partial charge in [0.25, 0.3) is 0 Å². The van der Waals surface area contributed by atoms with Gasteiger partial charge in [0.1, 0.15) is 5.54 Å². The number of aliphatic carboxylic acids is 1. The first kappa shape index (κ1) is 11.8. The van der Waals surface area contributed by atoms with Crippen molar-refractivity contribution >= 4 is 12.0 Å². The van der Waals surface area contributed by atoms with Gasteiger partial charge in [-0.1, -0.05) is 20.8 Å². The molecule has 0 radical (unpaired) electrons. The van der Waals surface area contributed by atoms with Crippen LogP contribution in [0.15, 0.2) is 0 Å². The van der Waals surface area contributed by atoms with Crippen molar-refractivity contribution in [3.63, 3.8) is 0 Å². The van der Waals surface area contributed by atoms with Gasteiger partial charge in [-0.2, -0.15) is 0 Å². The largest absolute Gasteiger partial charge is 0.479 e. The van der Waals surface area contributed by atoms with Gasteiger partial charge in [-0.05, 0) is 18.3 Å². The van der Waals surface area contributed by atoms with Crippen LogP contribution < -0.4 is 5.73 Å². The van der Waals surface area contributed by atoms with E-state index in [1.165, 1.54) is 4.90 Å². The quantitative estimate of drug-likeness (QED) is 0.683. The summed E-state index contributed by atoms with van der Waals surface area (Å²) in [6, 6.07) is -0.648. The van der Waals surface area contributed by atoms with Crippen LogP contribution in [0.4, 0.5) is 4.79 Å². The zero-order valence-electron chi connectivity index (χ0n) is 9.41. The lowest BCUT2D eigenvalue weighted by atomic mass is 9.72. The number of hydrogen-bond acceptors (Lipinski definition) is 2. The van der Waals surface area contributed by atoms with Gasteiger partial charge in [0.2, 0.25) is 0 Å². The number of nitrogens with two attached hydrogens (primary N) is 1. The van der Waals surface area contributed by atoms with E-state index in [1.807, 2.05) is 20.8 Å². The molecule has 5 nitrogen and oxygen atoms in total. The smallest absolute Gasteiger partial charge is 0.330 e. The van der Waals surface area contributed by atoms with Crippen molar-refractivity contribution < 1.29 is 14.7 Å². The highest BCUT2D eigenvalue weighted by atomic mass is 16.4. The van der Waals surface area contributed by atoms with Crippen molar-refractivity contribution in [3.05, 3.63) is 0 Å². The van der Waals surface area contributed by atoms with E-state index in [-0.39, 0.29) is 0 Å². The fourth-order valence-corrected chi connectivity index (χ4v) is 2.44. The number of urea groups is 1. The van der Waals surface area contributed by atoms with Gasteiger partial charge >= 0.3 is 12.0 Å². The molecule has 0 aromatic carbocycles. The summed E-state index contributed by atoms with van der Waals surface area (Å²) in [6.07, 6.45) is 1.15. The van der Waals surface area contributed by atoms with Crippen molar-refractivity contribution in [3.8, 4) is 0 Å². The predicted octanol–water partition coefficient (Wildman–Crippen LogP) is 1.03. The maximum Gasteiger partial charge on any atom is 0.330 e.